The van der Waals surface area contributed by atoms with Crippen molar-refractivity contribution in [3.05, 3.63) is 71.3 Å². The molecule has 1 N–H and O–H groups in total. The molecule has 23 heavy (non-hydrogen) atoms. The Morgan fingerprint density at radius 3 is 2.57 bits per heavy atom. The Hall–Kier alpha value is -2.73. The topological polar surface area (TPSA) is 70.9 Å². The predicted molar refractivity (Wildman–Crippen MR) is 91.9 cm³/mol. The van der Waals surface area contributed by atoms with Crippen LogP contribution in [0.25, 0.3) is 6.08 Å². The van der Waals surface area contributed by atoms with Crippen molar-refractivity contribution in [1.82, 2.24) is 5.43 Å². The fourth-order valence-corrected chi connectivity index (χ4v) is 3.40. The molecule has 6 heteroatoms. The summed E-state index contributed by atoms with van der Waals surface area (Å²) in [5.74, 6) is 0.240. The van der Waals surface area contributed by atoms with E-state index in [1.807, 2.05) is 43.3 Å². The predicted octanol–water partition coefficient (Wildman–Crippen LogP) is 2.81. The highest BCUT2D eigenvalue weighted by atomic mass is 32.2. The molecule has 116 valence electrons. The van der Waals surface area contributed by atoms with Gasteiger partial charge in [-0.05, 0) is 30.2 Å². The zero-order chi connectivity index (χ0) is 16.3. The molecule has 0 bridgehead atoms. The van der Waals surface area contributed by atoms with Crippen molar-refractivity contribution in [1.29, 1.82) is 0 Å². The minimum Gasteiger partial charge on any atom is -0.260 e. The number of hydrazone groups is 1. The molecule has 0 saturated carbocycles. The first kappa shape index (κ1) is 15.2. The highest BCUT2D eigenvalue weighted by Crippen LogP contribution is 2.24. The Balaban J connectivity index is 1.76. The fraction of sp³-hybridized carbons (Fsp3) is 0.0588. The number of rotatable bonds is 3. The first-order valence-electron chi connectivity index (χ1n) is 7.03. The smallest absolute Gasteiger partial charge is 0.260 e. The van der Waals surface area contributed by atoms with Crippen LogP contribution in [-0.2, 0) is 10.0 Å². The maximum absolute atomic E-state index is 11.9. The van der Waals surface area contributed by atoms with E-state index < -0.39 is 10.0 Å². The minimum atomic E-state index is -3.62. The number of amidine groups is 1. The lowest BCUT2D eigenvalue weighted by molar-refractivity contribution is 0.599. The summed E-state index contributed by atoms with van der Waals surface area (Å²) < 4.78 is 27.5. The number of sulfonamides is 1. The summed E-state index contributed by atoms with van der Waals surface area (Å²) in [6.45, 7) is 1.92. The minimum absolute atomic E-state index is 0.203. The lowest BCUT2D eigenvalue weighted by atomic mass is 10.1. The second-order valence-electron chi connectivity index (χ2n) is 5.08. The molecular formula is C17H15N3O2S. The second-order valence-corrected chi connectivity index (χ2v) is 6.65. The number of hydrogen-bond acceptors (Lipinski definition) is 4. The van der Waals surface area contributed by atoms with Gasteiger partial charge in [-0.1, -0.05) is 48.5 Å². The van der Waals surface area contributed by atoms with Gasteiger partial charge in [-0.2, -0.15) is 13.5 Å². The molecule has 0 fully saturated rings. The van der Waals surface area contributed by atoms with Gasteiger partial charge < -0.3 is 0 Å². The summed E-state index contributed by atoms with van der Waals surface area (Å²) in [7, 11) is -3.62. The van der Waals surface area contributed by atoms with Gasteiger partial charge in [0, 0.05) is 5.56 Å². The average Bonchev–Trinajstić information content (AvgIpc) is 2.80. The van der Waals surface area contributed by atoms with Crippen LogP contribution in [0.2, 0.25) is 0 Å². The highest BCUT2D eigenvalue weighted by molar-refractivity contribution is 7.90. The van der Waals surface area contributed by atoms with Crippen LogP contribution < -0.4 is 5.43 Å². The van der Waals surface area contributed by atoms with Gasteiger partial charge in [-0.3, -0.25) is 5.43 Å². The van der Waals surface area contributed by atoms with Gasteiger partial charge in [0.15, 0.2) is 5.84 Å². The third-order valence-electron chi connectivity index (χ3n) is 3.26. The molecule has 0 amide bonds. The van der Waals surface area contributed by atoms with E-state index in [9.17, 15) is 8.42 Å². The monoisotopic (exact) mass is 325 g/mol. The SMILES string of the molecule is CC(C=NNC1=NS(=O)(=O)c2ccccc21)=Cc1ccccc1. The molecule has 2 aromatic rings. The zero-order valence-electron chi connectivity index (χ0n) is 12.5. The first-order chi connectivity index (χ1) is 11.1. The fourth-order valence-electron chi connectivity index (χ4n) is 2.23. The molecule has 1 heterocycles. The van der Waals surface area contributed by atoms with Crippen molar-refractivity contribution in [2.24, 2.45) is 9.50 Å². The van der Waals surface area contributed by atoms with E-state index in [2.05, 4.69) is 14.9 Å². The van der Waals surface area contributed by atoms with Gasteiger partial charge in [0.2, 0.25) is 0 Å². The van der Waals surface area contributed by atoms with Gasteiger partial charge in [0.05, 0.1) is 6.21 Å². The van der Waals surface area contributed by atoms with E-state index in [1.54, 1.807) is 24.4 Å². The number of fused-ring (bicyclic) bond motifs is 1. The van der Waals surface area contributed by atoms with Crippen LogP contribution in [0, 0.1) is 0 Å². The summed E-state index contributed by atoms with van der Waals surface area (Å²) in [6, 6.07) is 16.5. The Kier molecular flexibility index (Phi) is 4.08. The van der Waals surface area contributed by atoms with Crippen molar-refractivity contribution in [3.63, 3.8) is 0 Å². The van der Waals surface area contributed by atoms with E-state index in [4.69, 9.17) is 0 Å². The number of hydrogen-bond donors (Lipinski definition) is 1. The van der Waals surface area contributed by atoms with Gasteiger partial charge in [0.1, 0.15) is 4.90 Å². The van der Waals surface area contributed by atoms with Gasteiger partial charge in [0.25, 0.3) is 10.0 Å². The van der Waals surface area contributed by atoms with E-state index in [0.29, 0.717) is 5.56 Å². The third-order valence-corrected chi connectivity index (χ3v) is 4.60. The molecule has 2 aromatic carbocycles. The zero-order valence-corrected chi connectivity index (χ0v) is 13.3. The molecule has 3 rings (SSSR count). The lowest BCUT2D eigenvalue weighted by Gasteiger charge is -2.00. The van der Waals surface area contributed by atoms with Gasteiger partial charge >= 0.3 is 0 Å². The Morgan fingerprint density at radius 2 is 1.78 bits per heavy atom. The highest BCUT2D eigenvalue weighted by Gasteiger charge is 2.27. The van der Waals surface area contributed by atoms with E-state index in [-0.39, 0.29) is 10.7 Å². The van der Waals surface area contributed by atoms with Crippen LogP contribution in [0.3, 0.4) is 0 Å². The number of allylic oxidation sites excluding steroid dienone is 1. The van der Waals surface area contributed by atoms with Crippen molar-refractivity contribution < 1.29 is 8.42 Å². The number of nitrogens with one attached hydrogen (secondary N) is 1. The van der Waals surface area contributed by atoms with Crippen molar-refractivity contribution in [3.8, 4) is 0 Å². The quantitative estimate of drug-likeness (QED) is 0.697. The molecule has 0 unspecified atom stereocenters. The molecular weight excluding hydrogens is 310 g/mol. The van der Waals surface area contributed by atoms with E-state index in [1.165, 1.54) is 6.07 Å². The summed E-state index contributed by atoms with van der Waals surface area (Å²) in [6.07, 6.45) is 3.61. The summed E-state index contributed by atoms with van der Waals surface area (Å²) in [5, 5.41) is 4.08. The standard InChI is InChI=1S/C17H15N3O2S/c1-13(11-14-7-3-2-4-8-14)12-18-19-17-15-9-5-6-10-16(15)23(21,22)20-17/h2-12H,1H3,(H,19,20). The Labute approximate surface area is 135 Å². The molecule has 1 aliphatic rings. The third kappa shape index (κ3) is 3.37. The normalized spacial score (nSPS) is 16.2. The van der Waals surface area contributed by atoms with Crippen LogP contribution in [0.4, 0.5) is 0 Å². The largest absolute Gasteiger partial charge is 0.285 e. The maximum atomic E-state index is 11.9. The Morgan fingerprint density at radius 1 is 1.09 bits per heavy atom. The van der Waals surface area contributed by atoms with Gasteiger partial charge in [-0.25, -0.2) is 0 Å². The maximum Gasteiger partial charge on any atom is 0.285 e. The van der Waals surface area contributed by atoms with E-state index in [0.717, 1.165) is 11.1 Å². The average molecular weight is 325 g/mol. The van der Waals surface area contributed by atoms with Crippen LogP contribution in [-0.4, -0.2) is 20.5 Å². The molecule has 0 saturated heterocycles. The molecule has 5 nitrogen and oxygen atoms in total. The number of nitrogens with zero attached hydrogens (tertiary/aromatic N) is 2. The number of benzene rings is 2. The molecule has 0 aromatic heterocycles. The molecule has 0 atom stereocenters. The van der Waals surface area contributed by atoms with Crippen LogP contribution in [0.5, 0.6) is 0 Å². The Bertz CT molecular complexity index is 914. The summed E-state index contributed by atoms with van der Waals surface area (Å²) >= 11 is 0. The molecule has 0 spiro atoms. The molecule has 1 aliphatic heterocycles. The summed E-state index contributed by atoms with van der Waals surface area (Å²) in [5.41, 5.74) is 5.25. The van der Waals surface area contributed by atoms with Gasteiger partial charge in [-0.15, -0.1) is 4.40 Å². The van der Waals surface area contributed by atoms with Crippen LogP contribution in [0.15, 0.2) is 74.6 Å². The van der Waals surface area contributed by atoms with Crippen molar-refractivity contribution >= 4 is 28.1 Å². The molecule has 0 radical (unpaired) electrons. The molecule has 0 aliphatic carbocycles. The summed E-state index contributed by atoms with van der Waals surface area (Å²) in [4.78, 5) is 0.203. The van der Waals surface area contributed by atoms with Crippen molar-refractivity contribution in [2.45, 2.75) is 11.8 Å². The van der Waals surface area contributed by atoms with Crippen molar-refractivity contribution in [2.75, 3.05) is 0 Å². The first-order valence-corrected chi connectivity index (χ1v) is 8.47. The lowest BCUT2D eigenvalue weighted by Crippen LogP contribution is -2.17. The van der Waals surface area contributed by atoms with E-state index >= 15 is 0 Å². The van der Waals surface area contributed by atoms with Crippen LogP contribution in [0.1, 0.15) is 18.1 Å². The van der Waals surface area contributed by atoms with Crippen LogP contribution >= 0.6 is 0 Å². The second kappa shape index (κ2) is 6.18.